The molecule has 1 atom stereocenters. The second-order valence-electron chi connectivity index (χ2n) is 10.3. The number of carbonyl (C=O) groups is 2. The molecular formula is C31H50N2O3. The third kappa shape index (κ3) is 12.6. The maximum Gasteiger partial charge on any atom is 0.328 e. The molecule has 5 nitrogen and oxygen atoms in total. The summed E-state index contributed by atoms with van der Waals surface area (Å²) in [7, 11) is 0. The average molecular weight is 499 g/mol. The fourth-order valence-electron chi connectivity index (χ4n) is 4.88. The molecule has 2 N–H and O–H groups in total. The number of fused-ring (bicyclic) bond motifs is 1. The Morgan fingerprint density at radius 1 is 0.806 bits per heavy atom. The van der Waals surface area contributed by atoms with E-state index in [0.717, 1.165) is 29.3 Å². The molecule has 0 radical (unpaired) electrons. The molecule has 1 aromatic heterocycles. The van der Waals surface area contributed by atoms with E-state index in [1.54, 1.807) is 0 Å². The molecule has 2 rings (SSSR count). The summed E-state index contributed by atoms with van der Waals surface area (Å²) in [5, 5.41) is 3.83. The largest absolute Gasteiger partial charge is 0.464 e. The number of carbonyl (C=O) groups excluding carboxylic acids is 2. The van der Waals surface area contributed by atoms with Crippen LogP contribution in [-0.4, -0.2) is 29.5 Å². The van der Waals surface area contributed by atoms with Crippen LogP contribution in [0, 0.1) is 0 Å². The minimum absolute atomic E-state index is 0.223. The minimum Gasteiger partial charge on any atom is -0.464 e. The number of aromatic nitrogens is 1. The normalized spacial score (nSPS) is 12.1. The van der Waals surface area contributed by atoms with Gasteiger partial charge in [-0.15, -0.1) is 0 Å². The number of benzene rings is 1. The van der Waals surface area contributed by atoms with Crippen LogP contribution in [0.3, 0.4) is 0 Å². The molecule has 0 saturated carbocycles. The number of nitrogens with one attached hydrogen (secondary N) is 2. The first-order valence-electron chi connectivity index (χ1n) is 14.6. The Kier molecular flexibility index (Phi) is 15.7. The fourth-order valence-corrected chi connectivity index (χ4v) is 4.88. The lowest BCUT2D eigenvalue weighted by Crippen LogP contribution is -2.42. The molecule has 36 heavy (non-hydrogen) atoms. The Balaban J connectivity index is 1.49. The molecule has 5 heteroatoms. The van der Waals surface area contributed by atoms with Crippen molar-refractivity contribution in [2.24, 2.45) is 0 Å². The van der Waals surface area contributed by atoms with Crippen LogP contribution in [0.5, 0.6) is 0 Å². The van der Waals surface area contributed by atoms with E-state index in [1.165, 1.54) is 96.8 Å². The Hall–Kier alpha value is -2.30. The van der Waals surface area contributed by atoms with Gasteiger partial charge in [0.15, 0.2) is 0 Å². The second-order valence-corrected chi connectivity index (χ2v) is 10.3. The van der Waals surface area contributed by atoms with Crippen molar-refractivity contribution in [2.75, 3.05) is 6.61 Å². The lowest BCUT2D eigenvalue weighted by Gasteiger charge is -2.16. The van der Waals surface area contributed by atoms with Crippen molar-refractivity contribution in [3.8, 4) is 0 Å². The quantitative estimate of drug-likeness (QED) is 0.135. The van der Waals surface area contributed by atoms with E-state index in [2.05, 4.69) is 17.2 Å². The van der Waals surface area contributed by atoms with Gasteiger partial charge in [0.05, 0.1) is 6.61 Å². The minimum atomic E-state index is -0.664. The predicted octanol–water partition coefficient (Wildman–Crippen LogP) is 8.02. The topological polar surface area (TPSA) is 71.2 Å². The van der Waals surface area contributed by atoms with Crippen LogP contribution in [0.15, 0.2) is 30.5 Å². The number of para-hydroxylation sites is 1. The van der Waals surface area contributed by atoms with Gasteiger partial charge in [-0.25, -0.2) is 4.79 Å². The van der Waals surface area contributed by atoms with Gasteiger partial charge in [0, 0.05) is 30.4 Å². The maximum absolute atomic E-state index is 12.7. The first-order chi connectivity index (χ1) is 17.6. The van der Waals surface area contributed by atoms with Crippen LogP contribution in [0.1, 0.15) is 122 Å². The van der Waals surface area contributed by atoms with Crippen molar-refractivity contribution in [1.29, 1.82) is 0 Å². The summed E-state index contributed by atoms with van der Waals surface area (Å²) in [6.07, 6.45) is 23.4. The van der Waals surface area contributed by atoms with Crippen molar-refractivity contribution < 1.29 is 14.3 Å². The smallest absolute Gasteiger partial charge is 0.328 e. The van der Waals surface area contributed by atoms with Gasteiger partial charge >= 0.3 is 5.97 Å². The van der Waals surface area contributed by atoms with Crippen molar-refractivity contribution >= 4 is 22.8 Å². The Morgan fingerprint density at radius 3 is 1.89 bits per heavy atom. The van der Waals surface area contributed by atoms with Crippen molar-refractivity contribution in [3.05, 3.63) is 36.0 Å². The number of H-pyrrole nitrogens is 1. The van der Waals surface area contributed by atoms with Crippen molar-refractivity contribution in [2.45, 2.75) is 129 Å². The van der Waals surface area contributed by atoms with Crippen LogP contribution in [-0.2, 0) is 20.7 Å². The Bertz CT molecular complexity index is 860. The van der Waals surface area contributed by atoms with Gasteiger partial charge in [-0.1, -0.05) is 121 Å². The number of hydrogen-bond acceptors (Lipinski definition) is 3. The molecule has 0 spiro atoms. The number of hydrogen-bond donors (Lipinski definition) is 2. The van der Waals surface area contributed by atoms with Gasteiger partial charge in [0.25, 0.3) is 0 Å². The summed E-state index contributed by atoms with van der Waals surface area (Å²) in [6.45, 7) is 4.13. The zero-order valence-corrected chi connectivity index (χ0v) is 22.9. The third-order valence-electron chi connectivity index (χ3n) is 7.00. The summed E-state index contributed by atoms with van der Waals surface area (Å²) >= 11 is 0. The molecule has 202 valence electrons. The highest BCUT2D eigenvalue weighted by atomic mass is 16.5. The fraction of sp³-hybridized carbons (Fsp3) is 0.677. The van der Waals surface area contributed by atoms with E-state index in [1.807, 2.05) is 30.5 Å². The molecule has 1 heterocycles. The van der Waals surface area contributed by atoms with E-state index < -0.39 is 6.04 Å². The highest BCUT2D eigenvalue weighted by Gasteiger charge is 2.22. The maximum atomic E-state index is 12.7. The lowest BCUT2D eigenvalue weighted by atomic mass is 10.0. The molecule has 1 aromatic carbocycles. The monoisotopic (exact) mass is 498 g/mol. The van der Waals surface area contributed by atoms with Crippen LogP contribution < -0.4 is 5.32 Å². The summed E-state index contributed by atoms with van der Waals surface area (Å²) < 4.78 is 5.52. The first kappa shape index (κ1) is 29.9. The third-order valence-corrected chi connectivity index (χ3v) is 7.00. The molecule has 0 unspecified atom stereocenters. The van der Waals surface area contributed by atoms with Crippen LogP contribution in [0.4, 0.5) is 0 Å². The van der Waals surface area contributed by atoms with Crippen molar-refractivity contribution in [3.63, 3.8) is 0 Å². The standard InChI is InChI=1S/C31H50N2O3/c1-3-4-5-6-7-8-9-10-11-12-13-14-15-16-17-20-23-36-31(35)30(33-26(2)34)24-27-25-32-29-22-19-18-21-28(27)29/h18-19,21-22,25,30,32H,3-17,20,23-24H2,1-2H3,(H,33,34)/t30-/m0/s1. The number of aromatic amines is 1. The van der Waals surface area contributed by atoms with Gasteiger partial charge < -0.3 is 15.0 Å². The van der Waals surface area contributed by atoms with Gasteiger partial charge in [-0.2, -0.15) is 0 Å². The van der Waals surface area contributed by atoms with Gasteiger partial charge in [-0.05, 0) is 18.1 Å². The average Bonchev–Trinajstić information content (AvgIpc) is 3.28. The molecule has 0 aliphatic heterocycles. The highest BCUT2D eigenvalue weighted by Crippen LogP contribution is 2.19. The highest BCUT2D eigenvalue weighted by molar-refractivity contribution is 5.86. The van der Waals surface area contributed by atoms with E-state index >= 15 is 0 Å². The molecule has 0 aliphatic carbocycles. The van der Waals surface area contributed by atoms with E-state index in [9.17, 15) is 9.59 Å². The number of unbranched alkanes of at least 4 members (excludes halogenated alkanes) is 15. The predicted molar refractivity (Wildman–Crippen MR) is 150 cm³/mol. The summed E-state index contributed by atoms with van der Waals surface area (Å²) in [4.78, 5) is 27.5. The Labute approximate surface area is 219 Å². The Morgan fingerprint density at radius 2 is 1.33 bits per heavy atom. The molecule has 1 amide bonds. The van der Waals surface area contributed by atoms with E-state index in [4.69, 9.17) is 4.74 Å². The number of ether oxygens (including phenoxy) is 1. The lowest BCUT2D eigenvalue weighted by molar-refractivity contribution is -0.147. The van der Waals surface area contributed by atoms with Crippen LogP contribution in [0.2, 0.25) is 0 Å². The van der Waals surface area contributed by atoms with E-state index in [0.29, 0.717) is 13.0 Å². The molecule has 2 aromatic rings. The molecule has 0 fully saturated rings. The summed E-state index contributed by atoms with van der Waals surface area (Å²) in [6, 6.07) is 7.31. The second kappa shape index (κ2) is 18.9. The van der Waals surface area contributed by atoms with E-state index in [-0.39, 0.29) is 11.9 Å². The molecule has 0 aliphatic rings. The van der Waals surface area contributed by atoms with Crippen LogP contribution in [0.25, 0.3) is 10.9 Å². The SMILES string of the molecule is CCCCCCCCCCCCCCCCCCOC(=O)[C@H](Cc1c[nH]c2ccccc12)NC(C)=O. The van der Waals surface area contributed by atoms with Gasteiger partial charge in [0.1, 0.15) is 6.04 Å². The zero-order chi connectivity index (χ0) is 25.8. The zero-order valence-electron chi connectivity index (χ0n) is 22.9. The number of rotatable bonds is 21. The van der Waals surface area contributed by atoms with Gasteiger partial charge in [0.2, 0.25) is 5.91 Å². The first-order valence-corrected chi connectivity index (χ1v) is 14.6. The van der Waals surface area contributed by atoms with Crippen LogP contribution >= 0.6 is 0 Å². The number of amides is 1. The summed E-state index contributed by atoms with van der Waals surface area (Å²) in [5.41, 5.74) is 2.03. The summed E-state index contributed by atoms with van der Waals surface area (Å²) in [5.74, 6) is -0.573. The van der Waals surface area contributed by atoms with Gasteiger partial charge in [-0.3, -0.25) is 4.79 Å². The molecule has 0 bridgehead atoms. The molecular weight excluding hydrogens is 448 g/mol. The van der Waals surface area contributed by atoms with Crippen molar-refractivity contribution in [1.82, 2.24) is 10.3 Å². The number of esters is 1. The molecule has 0 saturated heterocycles.